The van der Waals surface area contributed by atoms with Crippen molar-refractivity contribution in [1.29, 1.82) is 0 Å². The van der Waals surface area contributed by atoms with Crippen LogP contribution in [-0.4, -0.2) is 33.7 Å². The van der Waals surface area contributed by atoms with Crippen LogP contribution in [0.25, 0.3) is 0 Å². The van der Waals surface area contributed by atoms with E-state index in [1.165, 1.54) is 11.8 Å². The fraction of sp³-hybridized carbons (Fsp3) is 0.636. The first-order valence-electron chi connectivity index (χ1n) is 5.80. The minimum atomic E-state index is -4.62. The Labute approximate surface area is 114 Å². The number of aromatic nitrogens is 2. The average molecular weight is 298 g/mol. The molecule has 4 nitrogen and oxygen atoms in total. The van der Waals surface area contributed by atoms with Crippen LogP contribution in [0, 0.1) is 6.92 Å². The molecule has 0 aliphatic rings. The molecule has 0 N–H and O–H groups in total. The zero-order valence-corrected chi connectivity index (χ0v) is 11.6. The van der Waals surface area contributed by atoms with Crippen LogP contribution < -0.4 is 0 Å². The summed E-state index contributed by atoms with van der Waals surface area (Å²) in [6.45, 7) is 5.74. The molecule has 19 heavy (non-hydrogen) atoms. The van der Waals surface area contributed by atoms with Gasteiger partial charge in [-0.3, -0.25) is 9.48 Å². The zero-order valence-electron chi connectivity index (χ0n) is 10.9. The number of nitrogens with zero attached hydrogens (tertiary/aromatic N) is 3. The normalized spacial score (nSPS) is 11.7. The Morgan fingerprint density at radius 3 is 2.26 bits per heavy atom. The maximum Gasteiger partial charge on any atom is 0.436 e. The maximum absolute atomic E-state index is 12.6. The fourth-order valence-corrected chi connectivity index (χ4v) is 1.91. The average Bonchev–Trinajstić information content (AvgIpc) is 2.58. The van der Waals surface area contributed by atoms with Gasteiger partial charge in [-0.2, -0.15) is 18.3 Å². The summed E-state index contributed by atoms with van der Waals surface area (Å²) in [4.78, 5) is 13.4. The minimum absolute atomic E-state index is 0.134. The molecule has 0 aliphatic carbocycles. The third-order valence-corrected chi connectivity index (χ3v) is 3.26. The number of likely N-dealkylation sites (N-methyl/N-ethyl adjacent to an activating group) is 1. The van der Waals surface area contributed by atoms with Gasteiger partial charge in [-0.05, 0) is 20.8 Å². The molecule has 0 spiro atoms. The lowest BCUT2D eigenvalue weighted by molar-refractivity contribution is -0.142. The highest BCUT2D eigenvalue weighted by Gasteiger charge is 2.38. The van der Waals surface area contributed by atoms with Crippen molar-refractivity contribution in [2.45, 2.75) is 33.5 Å². The van der Waals surface area contributed by atoms with Gasteiger partial charge in [0.05, 0.1) is 10.7 Å². The second kappa shape index (κ2) is 5.81. The van der Waals surface area contributed by atoms with E-state index in [0.717, 1.165) is 4.68 Å². The van der Waals surface area contributed by atoms with Crippen molar-refractivity contribution in [2.75, 3.05) is 13.1 Å². The van der Waals surface area contributed by atoms with Gasteiger partial charge >= 0.3 is 6.18 Å². The second-order valence-corrected chi connectivity index (χ2v) is 4.35. The van der Waals surface area contributed by atoms with Crippen LogP contribution in [0.2, 0.25) is 5.02 Å². The fourth-order valence-electron chi connectivity index (χ4n) is 1.66. The Morgan fingerprint density at radius 1 is 1.37 bits per heavy atom. The molecule has 0 aliphatic heterocycles. The highest BCUT2D eigenvalue weighted by Crippen LogP contribution is 2.35. The molecule has 1 heterocycles. The number of alkyl halides is 3. The maximum atomic E-state index is 12.6. The first-order valence-corrected chi connectivity index (χ1v) is 6.18. The summed E-state index contributed by atoms with van der Waals surface area (Å²) in [5.74, 6) is -0.291. The van der Waals surface area contributed by atoms with Crippen LogP contribution in [0.4, 0.5) is 13.2 Å². The minimum Gasteiger partial charge on any atom is -0.342 e. The summed E-state index contributed by atoms with van der Waals surface area (Å²) in [6, 6.07) is 0. The predicted molar refractivity (Wildman–Crippen MR) is 64.9 cm³/mol. The van der Waals surface area contributed by atoms with E-state index in [1.807, 2.05) is 0 Å². The number of hydrogen-bond donors (Lipinski definition) is 0. The van der Waals surface area contributed by atoms with Gasteiger partial charge in [-0.1, -0.05) is 11.6 Å². The first-order chi connectivity index (χ1) is 8.72. The largest absolute Gasteiger partial charge is 0.436 e. The smallest absolute Gasteiger partial charge is 0.342 e. The standard InChI is InChI=1S/C11H15ClF3N3O/c1-4-17(5-2)8(19)6-18-7(3)9(12)10(16-18)11(13,14)15/h4-6H2,1-3H3. The van der Waals surface area contributed by atoms with Crippen LogP contribution in [-0.2, 0) is 17.5 Å². The number of hydrogen-bond acceptors (Lipinski definition) is 2. The molecule has 0 atom stereocenters. The number of rotatable bonds is 4. The summed E-state index contributed by atoms with van der Waals surface area (Å²) in [5.41, 5.74) is -1.02. The van der Waals surface area contributed by atoms with Crippen LogP contribution in [0.1, 0.15) is 25.2 Å². The van der Waals surface area contributed by atoms with E-state index in [1.54, 1.807) is 13.8 Å². The molecule has 1 rings (SSSR count). The van der Waals surface area contributed by atoms with Crippen molar-refractivity contribution >= 4 is 17.5 Å². The van der Waals surface area contributed by atoms with Crippen LogP contribution in [0.15, 0.2) is 0 Å². The Balaban J connectivity index is 3.01. The van der Waals surface area contributed by atoms with Crippen LogP contribution in [0.3, 0.4) is 0 Å². The van der Waals surface area contributed by atoms with E-state index in [-0.39, 0.29) is 18.1 Å². The SMILES string of the molecule is CCN(CC)C(=O)Cn1nc(C(F)(F)F)c(Cl)c1C. The van der Waals surface area contributed by atoms with E-state index in [9.17, 15) is 18.0 Å². The van der Waals surface area contributed by atoms with Gasteiger partial charge in [-0.15, -0.1) is 0 Å². The molecule has 0 saturated heterocycles. The molecule has 1 aromatic rings. The zero-order chi connectivity index (χ0) is 14.8. The molecule has 0 saturated carbocycles. The number of carbonyl (C=O) groups excluding carboxylic acids is 1. The predicted octanol–water partition coefficient (Wildman–Crippen LogP) is 2.73. The molecule has 0 fully saturated rings. The molecule has 1 amide bonds. The van der Waals surface area contributed by atoms with E-state index in [0.29, 0.717) is 13.1 Å². The highest BCUT2D eigenvalue weighted by atomic mass is 35.5. The lowest BCUT2D eigenvalue weighted by Gasteiger charge is -2.18. The van der Waals surface area contributed by atoms with Gasteiger partial charge in [-0.25, -0.2) is 0 Å². The Morgan fingerprint density at radius 2 is 1.89 bits per heavy atom. The van der Waals surface area contributed by atoms with Gasteiger partial charge in [0, 0.05) is 13.1 Å². The van der Waals surface area contributed by atoms with Crippen molar-refractivity contribution in [3.8, 4) is 0 Å². The molecule has 108 valence electrons. The van der Waals surface area contributed by atoms with Gasteiger partial charge in [0.1, 0.15) is 6.54 Å². The summed E-state index contributed by atoms with van der Waals surface area (Å²) in [5, 5.41) is 2.93. The number of halogens is 4. The summed E-state index contributed by atoms with van der Waals surface area (Å²) < 4.78 is 38.8. The first kappa shape index (κ1) is 15.8. The topological polar surface area (TPSA) is 38.1 Å². The van der Waals surface area contributed by atoms with Gasteiger partial charge in [0.2, 0.25) is 5.91 Å². The summed E-state index contributed by atoms with van der Waals surface area (Å²) in [6.07, 6.45) is -4.62. The molecule has 1 aromatic heterocycles. The Kier molecular flexibility index (Phi) is 4.84. The molecular formula is C11H15ClF3N3O. The third-order valence-electron chi connectivity index (χ3n) is 2.80. The molecule has 0 aromatic carbocycles. The van der Waals surface area contributed by atoms with Crippen molar-refractivity contribution < 1.29 is 18.0 Å². The third kappa shape index (κ3) is 3.40. The monoisotopic (exact) mass is 297 g/mol. The Hall–Kier alpha value is -1.24. The Bertz CT molecular complexity index is 466. The van der Waals surface area contributed by atoms with E-state index < -0.39 is 16.9 Å². The number of amides is 1. The highest BCUT2D eigenvalue weighted by molar-refractivity contribution is 6.32. The molecule has 0 unspecified atom stereocenters. The van der Waals surface area contributed by atoms with Crippen LogP contribution in [0.5, 0.6) is 0 Å². The van der Waals surface area contributed by atoms with Crippen molar-refractivity contribution in [1.82, 2.24) is 14.7 Å². The lowest BCUT2D eigenvalue weighted by atomic mass is 10.3. The van der Waals surface area contributed by atoms with Crippen molar-refractivity contribution in [2.24, 2.45) is 0 Å². The second-order valence-electron chi connectivity index (χ2n) is 3.97. The summed E-state index contributed by atoms with van der Waals surface area (Å²) in [7, 11) is 0. The van der Waals surface area contributed by atoms with E-state index in [2.05, 4.69) is 5.10 Å². The lowest BCUT2D eigenvalue weighted by Crippen LogP contribution is -2.34. The number of carbonyl (C=O) groups is 1. The molecular weight excluding hydrogens is 283 g/mol. The van der Waals surface area contributed by atoms with Gasteiger partial charge in [0.15, 0.2) is 5.69 Å². The van der Waals surface area contributed by atoms with Gasteiger partial charge < -0.3 is 4.90 Å². The molecule has 0 bridgehead atoms. The van der Waals surface area contributed by atoms with Crippen molar-refractivity contribution in [3.63, 3.8) is 0 Å². The van der Waals surface area contributed by atoms with Gasteiger partial charge in [0.25, 0.3) is 0 Å². The van der Waals surface area contributed by atoms with Crippen molar-refractivity contribution in [3.05, 3.63) is 16.4 Å². The van der Waals surface area contributed by atoms with E-state index in [4.69, 9.17) is 11.6 Å². The molecule has 8 heteroatoms. The van der Waals surface area contributed by atoms with Crippen LogP contribution >= 0.6 is 11.6 Å². The summed E-state index contributed by atoms with van der Waals surface area (Å²) >= 11 is 5.60. The molecule has 0 radical (unpaired) electrons. The quantitative estimate of drug-likeness (QED) is 0.857. The van der Waals surface area contributed by atoms with E-state index >= 15 is 0 Å².